The van der Waals surface area contributed by atoms with Crippen molar-refractivity contribution < 1.29 is 27.0 Å². The third-order valence-electron chi connectivity index (χ3n) is 5.99. The van der Waals surface area contributed by atoms with Crippen molar-refractivity contribution in [2.75, 3.05) is 21.3 Å². The van der Waals surface area contributed by atoms with Crippen LogP contribution < -0.4 is 9.47 Å². The molecule has 9 heteroatoms. The molecule has 0 saturated carbocycles. The van der Waals surface area contributed by atoms with Crippen molar-refractivity contribution in [1.29, 1.82) is 5.26 Å². The number of hydrogen-bond acceptors (Lipinski definition) is 6. The number of benzene rings is 3. The molecule has 7 nitrogen and oxygen atoms in total. The molecule has 0 amide bonds. The van der Waals surface area contributed by atoms with Gasteiger partial charge in [0.2, 0.25) is 10.0 Å². The minimum absolute atomic E-state index is 0.0285. The highest BCUT2D eigenvalue weighted by Crippen LogP contribution is 2.31. The minimum Gasteiger partial charge on any atom is -0.497 e. The van der Waals surface area contributed by atoms with Crippen molar-refractivity contribution in [1.82, 2.24) is 4.31 Å². The summed E-state index contributed by atoms with van der Waals surface area (Å²) in [6, 6.07) is 19.9. The maximum atomic E-state index is 14.0. The van der Waals surface area contributed by atoms with Gasteiger partial charge in [-0.3, -0.25) is 0 Å². The van der Waals surface area contributed by atoms with E-state index in [2.05, 4.69) is 0 Å². The van der Waals surface area contributed by atoms with Gasteiger partial charge >= 0.3 is 0 Å². The number of rotatable bonds is 11. The third kappa shape index (κ3) is 6.21. The fourth-order valence-electron chi connectivity index (χ4n) is 3.94. The lowest BCUT2D eigenvalue weighted by Gasteiger charge is -2.30. The number of methoxy groups -OCH3 is 3. The van der Waals surface area contributed by atoms with Crippen LogP contribution in [0.4, 0.5) is 4.39 Å². The van der Waals surface area contributed by atoms with Gasteiger partial charge in [-0.1, -0.05) is 30.3 Å². The van der Waals surface area contributed by atoms with E-state index in [1.165, 1.54) is 30.5 Å². The Hall–Kier alpha value is -3.45. The van der Waals surface area contributed by atoms with Crippen LogP contribution in [0.5, 0.6) is 11.5 Å². The summed E-state index contributed by atoms with van der Waals surface area (Å²) in [7, 11) is 0.518. The smallest absolute Gasteiger partial charge is 0.220 e. The molecule has 0 heterocycles. The second-order valence-electron chi connectivity index (χ2n) is 8.21. The molecule has 0 aliphatic heterocycles. The fourth-order valence-corrected chi connectivity index (χ4v) is 5.64. The Balaban J connectivity index is 1.99. The lowest BCUT2D eigenvalue weighted by Crippen LogP contribution is -2.40. The van der Waals surface area contributed by atoms with E-state index in [-0.39, 0.29) is 18.7 Å². The van der Waals surface area contributed by atoms with E-state index < -0.39 is 27.2 Å². The maximum absolute atomic E-state index is 14.0. The molecule has 0 spiro atoms. The highest BCUT2D eigenvalue weighted by molar-refractivity contribution is 7.89. The molecule has 190 valence electrons. The van der Waals surface area contributed by atoms with Crippen LogP contribution >= 0.6 is 0 Å². The predicted octanol–water partition coefficient (Wildman–Crippen LogP) is 4.82. The van der Waals surface area contributed by atoms with E-state index in [4.69, 9.17) is 14.2 Å². The SMILES string of the molecule is COc1ccc(CN(Cc2ccc(OC)cc2)S(=O)(=O)[C@@H](C)[C@H](OC)c2ccc(F)cc2C#N)cc1. The van der Waals surface area contributed by atoms with Gasteiger partial charge < -0.3 is 14.2 Å². The molecule has 3 rings (SSSR count). The molecule has 0 radical (unpaired) electrons. The van der Waals surface area contributed by atoms with Crippen LogP contribution in [0.2, 0.25) is 0 Å². The van der Waals surface area contributed by atoms with Crippen molar-refractivity contribution in [2.24, 2.45) is 0 Å². The number of hydrogen-bond donors (Lipinski definition) is 0. The molecule has 0 aliphatic rings. The van der Waals surface area contributed by atoms with Gasteiger partial charge in [0.1, 0.15) is 28.7 Å². The Morgan fingerprint density at radius 3 is 1.81 bits per heavy atom. The first-order valence-electron chi connectivity index (χ1n) is 11.2. The van der Waals surface area contributed by atoms with E-state index in [1.807, 2.05) is 30.3 Å². The molecule has 3 aromatic rings. The van der Waals surface area contributed by atoms with Gasteiger partial charge in [-0.05, 0) is 54.4 Å². The van der Waals surface area contributed by atoms with Crippen LogP contribution in [0.25, 0.3) is 0 Å². The number of ether oxygens (including phenoxy) is 3. The third-order valence-corrected chi connectivity index (χ3v) is 8.15. The molecule has 2 atom stereocenters. The Labute approximate surface area is 211 Å². The summed E-state index contributed by atoms with van der Waals surface area (Å²) in [6.45, 7) is 1.74. The molecule has 3 aromatic carbocycles. The first-order valence-corrected chi connectivity index (χ1v) is 12.7. The van der Waals surface area contributed by atoms with Crippen LogP contribution in [0.1, 0.15) is 35.3 Å². The molecule has 0 bridgehead atoms. The number of halogens is 1. The van der Waals surface area contributed by atoms with Crippen molar-refractivity contribution in [3.8, 4) is 17.6 Å². The summed E-state index contributed by atoms with van der Waals surface area (Å²) in [5, 5.41) is 8.43. The largest absolute Gasteiger partial charge is 0.497 e. The number of nitrogens with zero attached hydrogens (tertiary/aromatic N) is 2. The van der Waals surface area contributed by atoms with Gasteiger partial charge in [0.15, 0.2) is 0 Å². The molecule has 0 N–H and O–H groups in total. The second kappa shape index (κ2) is 12.0. The zero-order valence-electron chi connectivity index (χ0n) is 20.6. The molecular formula is C27H29FN2O5S. The van der Waals surface area contributed by atoms with E-state index >= 15 is 0 Å². The van der Waals surface area contributed by atoms with Crippen LogP contribution in [-0.2, 0) is 27.8 Å². The van der Waals surface area contributed by atoms with Gasteiger partial charge in [-0.2, -0.15) is 9.57 Å². The van der Waals surface area contributed by atoms with Gasteiger partial charge in [0.25, 0.3) is 0 Å². The van der Waals surface area contributed by atoms with Crippen molar-refractivity contribution in [3.63, 3.8) is 0 Å². The monoisotopic (exact) mass is 512 g/mol. The number of nitriles is 1. The lowest BCUT2D eigenvalue weighted by molar-refractivity contribution is 0.100. The summed E-state index contributed by atoms with van der Waals surface area (Å²) < 4.78 is 59.0. The Kier molecular flexibility index (Phi) is 9.04. The molecule has 36 heavy (non-hydrogen) atoms. The van der Waals surface area contributed by atoms with Gasteiger partial charge in [-0.25, -0.2) is 12.8 Å². The maximum Gasteiger partial charge on any atom is 0.220 e. The average molecular weight is 513 g/mol. The summed E-state index contributed by atoms with van der Waals surface area (Å²) in [5.41, 5.74) is 1.88. The first kappa shape index (κ1) is 27.1. The first-order chi connectivity index (χ1) is 17.2. The van der Waals surface area contributed by atoms with Crippen LogP contribution in [0.15, 0.2) is 66.7 Å². The van der Waals surface area contributed by atoms with Crippen molar-refractivity contribution >= 4 is 10.0 Å². The van der Waals surface area contributed by atoms with Crippen LogP contribution in [-0.4, -0.2) is 39.3 Å². The van der Waals surface area contributed by atoms with Crippen molar-refractivity contribution in [3.05, 3.63) is 94.8 Å². The highest BCUT2D eigenvalue weighted by Gasteiger charge is 2.37. The van der Waals surface area contributed by atoms with Crippen LogP contribution in [0, 0.1) is 17.1 Å². The Morgan fingerprint density at radius 1 is 0.889 bits per heavy atom. The Morgan fingerprint density at radius 2 is 1.39 bits per heavy atom. The summed E-state index contributed by atoms with van der Waals surface area (Å²) >= 11 is 0. The Bertz CT molecular complexity index is 1260. The standard InChI is InChI=1S/C27H29FN2O5S/c1-19(27(35-4)26-14-9-23(28)15-22(26)16-29)36(31,32)30(17-20-5-10-24(33-2)11-6-20)18-21-7-12-25(34-3)13-8-21/h5-15,19,27H,17-18H2,1-4H3/t19-,27-/m0/s1. The van der Waals surface area contributed by atoms with Gasteiger partial charge in [0.05, 0.1) is 25.9 Å². The van der Waals surface area contributed by atoms with E-state index in [0.717, 1.165) is 17.2 Å². The summed E-state index contributed by atoms with van der Waals surface area (Å²) in [6.07, 6.45) is -0.987. The van der Waals surface area contributed by atoms with Crippen molar-refractivity contribution in [2.45, 2.75) is 31.4 Å². The fraction of sp³-hybridized carbons (Fsp3) is 0.296. The topological polar surface area (TPSA) is 88.9 Å². The highest BCUT2D eigenvalue weighted by atomic mass is 32.2. The summed E-state index contributed by atoms with van der Waals surface area (Å²) in [5.74, 6) is 0.745. The molecule has 0 unspecified atom stereocenters. The zero-order valence-corrected chi connectivity index (χ0v) is 21.5. The molecule has 0 aliphatic carbocycles. The van der Waals surface area contributed by atoms with Crippen LogP contribution in [0.3, 0.4) is 0 Å². The summed E-state index contributed by atoms with van der Waals surface area (Å²) in [4.78, 5) is 0. The average Bonchev–Trinajstić information content (AvgIpc) is 2.90. The molecule has 0 aromatic heterocycles. The second-order valence-corrected chi connectivity index (χ2v) is 10.5. The number of sulfonamides is 1. The normalized spacial score (nSPS) is 13.1. The molecule has 0 fully saturated rings. The van der Waals surface area contributed by atoms with E-state index in [1.54, 1.807) is 38.5 Å². The zero-order chi connectivity index (χ0) is 26.3. The lowest BCUT2D eigenvalue weighted by atomic mass is 10.0. The molecular weight excluding hydrogens is 483 g/mol. The molecule has 0 saturated heterocycles. The minimum atomic E-state index is -3.98. The van der Waals surface area contributed by atoms with E-state index in [9.17, 15) is 18.1 Å². The van der Waals surface area contributed by atoms with E-state index in [0.29, 0.717) is 17.1 Å². The quantitative estimate of drug-likeness (QED) is 0.366. The predicted molar refractivity (Wildman–Crippen MR) is 134 cm³/mol. The van der Waals surface area contributed by atoms with Gasteiger partial charge in [-0.15, -0.1) is 0 Å². The van der Waals surface area contributed by atoms with Gasteiger partial charge in [0, 0.05) is 25.8 Å².